The van der Waals surface area contributed by atoms with Gasteiger partial charge >= 0.3 is 0 Å². The van der Waals surface area contributed by atoms with Gasteiger partial charge in [-0.25, -0.2) is 0 Å². The van der Waals surface area contributed by atoms with Crippen LogP contribution in [0, 0.1) is 5.92 Å². The lowest BCUT2D eigenvalue weighted by molar-refractivity contribution is -0.271. The first-order chi connectivity index (χ1) is 7.36. The van der Waals surface area contributed by atoms with E-state index in [-0.39, 0.29) is 6.42 Å². The van der Waals surface area contributed by atoms with Gasteiger partial charge in [-0.05, 0) is 32.6 Å². The Morgan fingerprint density at radius 3 is 2.00 bits per heavy atom. The summed E-state index contributed by atoms with van der Waals surface area (Å²) in [4.78, 5) is 1.96. The predicted molar refractivity (Wildman–Crippen MR) is 62.7 cm³/mol. The first-order valence-electron chi connectivity index (χ1n) is 6.28. The molecule has 1 aliphatic heterocycles. The molecule has 0 spiro atoms. The molecule has 1 heterocycles. The lowest BCUT2D eigenvalue weighted by Crippen LogP contribution is -2.58. The number of nitrogens with zero attached hydrogens (tertiary/aromatic N) is 1. The number of hydrogen-bond donors (Lipinski definition) is 3. The van der Waals surface area contributed by atoms with Gasteiger partial charge in [-0.1, -0.05) is 13.8 Å². The van der Waals surface area contributed by atoms with Crippen LogP contribution in [0.3, 0.4) is 0 Å². The van der Waals surface area contributed by atoms with Crippen LogP contribution in [-0.4, -0.2) is 44.8 Å². The van der Waals surface area contributed by atoms with Gasteiger partial charge in [0.15, 0.2) is 5.79 Å². The van der Waals surface area contributed by atoms with Crippen LogP contribution in [0.5, 0.6) is 0 Å². The van der Waals surface area contributed by atoms with Crippen LogP contribution in [-0.2, 0) is 0 Å². The molecule has 0 bridgehead atoms. The second kappa shape index (κ2) is 5.00. The molecule has 1 aliphatic rings. The van der Waals surface area contributed by atoms with Crippen LogP contribution in [0.1, 0.15) is 46.5 Å². The molecule has 0 unspecified atom stereocenters. The molecule has 1 saturated heterocycles. The van der Waals surface area contributed by atoms with Crippen molar-refractivity contribution in [2.75, 3.05) is 13.1 Å². The summed E-state index contributed by atoms with van der Waals surface area (Å²) in [5.74, 6) is -2.33. The molecule has 0 amide bonds. The minimum atomic E-state index is -1.79. The normalized spacial score (nSPS) is 24.4. The van der Waals surface area contributed by atoms with Crippen LogP contribution in [0.2, 0.25) is 0 Å². The molecule has 0 aromatic heterocycles. The highest BCUT2D eigenvalue weighted by Crippen LogP contribution is 2.35. The van der Waals surface area contributed by atoms with E-state index >= 15 is 0 Å². The Hall–Kier alpha value is -0.160. The molecule has 0 aliphatic carbocycles. The Kier molecular flexibility index (Phi) is 4.35. The molecule has 0 aromatic rings. The van der Waals surface area contributed by atoms with Gasteiger partial charge < -0.3 is 15.3 Å². The Bertz CT molecular complexity index is 222. The summed E-state index contributed by atoms with van der Waals surface area (Å²) in [6.45, 7) is 6.98. The number of aliphatic hydroxyl groups is 3. The van der Waals surface area contributed by atoms with Gasteiger partial charge in [-0.15, -0.1) is 0 Å². The Balaban J connectivity index is 2.84. The van der Waals surface area contributed by atoms with Crippen molar-refractivity contribution in [3.05, 3.63) is 0 Å². The van der Waals surface area contributed by atoms with Crippen molar-refractivity contribution in [1.29, 1.82) is 0 Å². The van der Waals surface area contributed by atoms with Crippen LogP contribution in [0.15, 0.2) is 0 Å². The number of likely N-dealkylation sites (tertiary alicyclic amines) is 1. The third-order valence-corrected chi connectivity index (χ3v) is 3.89. The summed E-state index contributed by atoms with van der Waals surface area (Å²) in [5.41, 5.74) is -1.13. The minimum Gasteiger partial charge on any atom is -0.375 e. The molecule has 1 rings (SSSR count). The van der Waals surface area contributed by atoms with E-state index in [0.717, 1.165) is 25.9 Å². The quantitative estimate of drug-likeness (QED) is 0.615. The van der Waals surface area contributed by atoms with Gasteiger partial charge in [0.1, 0.15) is 5.72 Å². The van der Waals surface area contributed by atoms with Crippen molar-refractivity contribution < 1.29 is 15.3 Å². The topological polar surface area (TPSA) is 63.9 Å². The first kappa shape index (κ1) is 13.9. The zero-order chi connectivity index (χ0) is 12.4. The van der Waals surface area contributed by atoms with Crippen LogP contribution in [0.4, 0.5) is 0 Å². The van der Waals surface area contributed by atoms with Gasteiger partial charge in [0.05, 0.1) is 5.92 Å². The maximum Gasteiger partial charge on any atom is 0.169 e. The lowest BCUT2D eigenvalue weighted by Gasteiger charge is -2.45. The van der Waals surface area contributed by atoms with Crippen LogP contribution < -0.4 is 0 Å². The van der Waals surface area contributed by atoms with Gasteiger partial charge in [0, 0.05) is 13.1 Å². The van der Waals surface area contributed by atoms with E-state index in [4.69, 9.17) is 0 Å². The maximum atomic E-state index is 10.5. The molecular formula is C12H25NO3. The largest absolute Gasteiger partial charge is 0.375 e. The highest BCUT2D eigenvalue weighted by molar-refractivity contribution is 4.91. The minimum absolute atomic E-state index is 0.232. The van der Waals surface area contributed by atoms with E-state index in [1.165, 1.54) is 0 Å². The van der Waals surface area contributed by atoms with E-state index < -0.39 is 17.4 Å². The molecule has 3 N–H and O–H groups in total. The predicted octanol–water partition coefficient (Wildman–Crippen LogP) is 0.908. The lowest BCUT2D eigenvalue weighted by atomic mass is 9.83. The fraction of sp³-hybridized carbons (Fsp3) is 1.00. The third kappa shape index (κ3) is 2.56. The van der Waals surface area contributed by atoms with Crippen molar-refractivity contribution in [2.45, 2.75) is 58.0 Å². The van der Waals surface area contributed by atoms with Crippen molar-refractivity contribution in [2.24, 2.45) is 5.92 Å². The molecule has 2 atom stereocenters. The molecule has 4 heteroatoms. The summed E-state index contributed by atoms with van der Waals surface area (Å²) >= 11 is 0. The second-order valence-electron chi connectivity index (χ2n) is 4.98. The van der Waals surface area contributed by atoms with Gasteiger partial charge in [-0.3, -0.25) is 4.90 Å². The van der Waals surface area contributed by atoms with Crippen LogP contribution >= 0.6 is 0 Å². The number of rotatable bonds is 5. The zero-order valence-electron chi connectivity index (χ0n) is 10.6. The Labute approximate surface area is 97.9 Å². The molecular weight excluding hydrogens is 206 g/mol. The SMILES string of the molecule is CC[C@H](C(O)(O)CC)[C@@](C)(O)N1CCCC1. The van der Waals surface area contributed by atoms with Crippen LogP contribution in [0.25, 0.3) is 0 Å². The van der Waals surface area contributed by atoms with Gasteiger partial charge in [0.2, 0.25) is 0 Å². The molecule has 1 fully saturated rings. The van der Waals surface area contributed by atoms with E-state index in [1.807, 2.05) is 11.8 Å². The summed E-state index contributed by atoms with van der Waals surface area (Å²) in [7, 11) is 0. The summed E-state index contributed by atoms with van der Waals surface area (Å²) in [6.07, 6.45) is 2.92. The monoisotopic (exact) mass is 231 g/mol. The van der Waals surface area contributed by atoms with E-state index in [0.29, 0.717) is 6.42 Å². The molecule has 96 valence electrons. The van der Waals surface area contributed by atoms with Crippen molar-refractivity contribution in [3.8, 4) is 0 Å². The highest BCUT2D eigenvalue weighted by Gasteiger charge is 2.47. The summed E-state index contributed by atoms with van der Waals surface area (Å²) in [6, 6.07) is 0. The van der Waals surface area contributed by atoms with Crippen molar-refractivity contribution in [1.82, 2.24) is 4.90 Å². The van der Waals surface area contributed by atoms with E-state index in [1.54, 1.807) is 13.8 Å². The maximum absolute atomic E-state index is 10.5. The zero-order valence-corrected chi connectivity index (χ0v) is 10.6. The number of hydrogen-bond acceptors (Lipinski definition) is 4. The molecule has 4 nitrogen and oxygen atoms in total. The standard InChI is InChI=1S/C12H25NO3/c1-4-10(12(15,16)5-2)11(3,14)13-8-6-7-9-13/h10,14-16H,4-9H2,1-3H3/t10-,11+/m0/s1. The van der Waals surface area contributed by atoms with E-state index in [2.05, 4.69) is 0 Å². The average molecular weight is 231 g/mol. The molecule has 0 saturated carbocycles. The Morgan fingerprint density at radius 1 is 1.12 bits per heavy atom. The second-order valence-corrected chi connectivity index (χ2v) is 4.98. The fourth-order valence-corrected chi connectivity index (χ4v) is 2.79. The van der Waals surface area contributed by atoms with E-state index in [9.17, 15) is 15.3 Å². The Morgan fingerprint density at radius 2 is 1.62 bits per heavy atom. The molecule has 0 aromatic carbocycles. The fourth-order valence-electron chi connectivity index (χ4n) is 2.79. The van der Waals surface area contributed by atoms with Crippen molar-refractivity contribution in [3.63, 3.8) is 0 Å². The van der Waals surface area contributed by atoms with Gasteiger partial charge in [-0.2, -0.15) is 0 Å². The smallest absolute Gasteiger partial charge is 0.169 e. The summed E-state index contributed by atoms with van der Waals surface area (Å²) in [5, 5.41) is 30.4. The molecule has 0 radical (unpaired) electrons. The molecule has 16 heavy (non-hydrogen) atoms. The average Bonchev–Trinajstić information content (AvgIpc) is 2.71. The highest BCUT2D eigenvalue weighted by atomic mass is 16.5. The third-order valence-electron chi connectivity index (χ3n) is 3.89. The van der Waals surface area contributed by atoms with Gasteiger partial charge in [0.25, 0.3) is 0 Å². The van der Waals surface area contributed by atoms with Crippen molar-refractivity contribution >= 4 is 0 Å². The first-order valence-corrected chi connectivity index (χ1v) is 6.28. The summed E-state index contributed by atoms with van der Waals surface area (Å²) < 4.78 is 0.